The van der Waals surface area contributed by atoms with E-state index >= 15 is 0 Å². The predicted molar refractivity (Wildman–Crippen MR) is 67.8 cm³/mol. The molecule has 0 unspecified atom stereocenters. The van der Waals surface area contributed by atoms with E-state index < -0.39 is 17.1 Å². The van der Waals surface area contributed by atoms with Gasteiger partial charge in [-0.2, -0.15) is 0 Å². The highest BCUT2D eigenvalue weighted by Crippen LogP contribution is 2.48. The van der Waals surface area contributed by atoms with Crippen LogP contribution in [0, 0.1) is 11.3 Å². The number of likely N-dealkylation sites (tertiary alicyclic amines) is 1. The first kappa shape index (κ1) is 13.5. The summed E-state index contributed by atoms with van der Waals surface area (Å²) >= 11 is 0. The molecule has 110 valence electrons. The van der Waals surface area contributed by atoms with Gasteiger partial charge in [0.25, 0.3) is 0 Å². The predicted octanol–water partition coefficient (Wildman–Crippen LogP) is 0.994. The number of ether oxygens (including phenoxy) is 1. The molecule has 1 amide bonds. The minimum Gasteiger partial charge on any atom is -0.479 e. The number of halogens is 1. The fourth-order valence-corrected chi connectivity index (χ4v) is 3.37. The van der Waals surface area contributed by atoms with Crippen molar-refractivity contribution >= 4 is 11.9 Å². The monoisotopic (exact) mass is 283 g/mol. The Hall–Kier alpha value is -1.43. The lowest BCUT2D eigenvalue weighted by molar-refractivity contribution is -0.192. The molecule has 2 heterocycles. The smallest absolute Gasteiger partial charge is 0.344 e. The third kappa shape index (κ3) is 1.78. The molecular weight excluding hydrogens is 265 g/mol. The van der Waals surface area contributed by atoms with E-state index in [1.165, 1.54) is 4.90 Å². The maximum absolute atomic E-state index is 14.8. The number of hydrogen-bond acceptors (Lipinski definition) is 3. The lowest BCUT2D eigenvalue weighted by Crippen LogP contribution is -2.60. The number of carbonyl (C=O) groups excluding carboxylic acids is 1. The quantitative estimate of drug-likeness (QED) is 0.768. The van der Waals surface area contributed by atoms with E-state index in [1.807, 2.05) is 12.2 Å². The van der Waals surface area contributed by atoms with Crippen molar-refractivity contribution in [2.24, 2.45) is 11.3 Å². The van der Waals surface area contributed by atoms with Gasteiger partial charge in [-0.05, 0) is 19.3 Å². The van der Waals surface area contributed by atoms with Crippen molar-refractivity contribution in [1.82, 2.24) is 4.90 Å². The van der Waals surface area contributed by atoms with Crippen LogP contribution in [0.2, 0.25) is 0 Å². The second-order valence-corrected chi connectivity index (χ2v) is 6.06. The van der Waals surface area contributed by atoms with Crippen molar-refractivity contribution in [3.8, 4) is 0 Å². The summed E-state index contributed by atoms with van der Waals surface area (Å²) in [5.41, 5.74) is -3.44. The van der Waals surface area contributed by atoms with Crippen molar-refractivity contribution in [3.63, 3.8) is 0 Å². The number of rotatable bonds is 2. The lowest BCUT2D eigenvalue weighted by Gasteiger charge is -2.43. The Balaban J connectivity index is 1.78. The van der Waals surface area contributed by atoms with Crippen LogP contribution in [0.5, 0.6) is 0 Å². The zero-order chi connectivity index (χ0) is 14.4. The standard InChI is InChI=1S/C14H18FNO4/c15-14(12(18)19)7-16(6-13(14)8-20-9-13)11(17)10-4-2-1-3-5-10/h1-2,10H,3-9H2,(H,18,19)/t10-,14-/m0/s1. The number of carboxylic acids is 1. The van der Waals surface area contributed by atoms with Crippen molar-refractivity contribution in [3.05, 3.63) is 12.2 Å². The molecule has 1 aliphatic carbocycles. The molecule has 2 aliphatic heterocycles. The molecule has 6 heteroatoms. The van der Waals surface area contributed by atoms with Gasteiger partial charge in [0.15, 0.2) is 0 Å². The Morgan fingerprint density at radius 3 is 2.50 bits per heavy atom. The molecule has 2 saturated heterocycles. The van der Waals surface area contributed by atoms with Gasteiger partial charge in [0.2, 0.25) is 11.6 Å². The molecule has 1 N–H and O–H groups in total. The summed E-state index contributed by atoms with van der Waals surface area (Å²) in [6.07, 6.45) is 6.25. The summed E-state index contributed by atoms with van der Waals surface area (Å²) in [6, 6.07) is 0. The topological polar surface area (TPSA) is 66.8 Å². The number of carboxylic acid groups (broad SMARTS) is 1. The van der Waals surface area contributed by atoms with Crippen molar-refractivity contribution < 1.29 is 23.8 Å². The second kappa shape index (κ2) is 4.55. The summed E-state index contributed by atoms with van der Waals surface area (Å²) in [4.78, 5) is 25.1. The van der Waals surface area contributed by atoms with Crippen LogP contribution in [0.4, 0.5) is 4.39 Å². The van der Waals surface area contributed by atoms with E-state index in [9.17, 15) is 19.1 Å². The second-order valence-electron chi connectivity index (χ2n) is 6.06. The molecule has 0 radical (unpaired) electrons. The maximum atomic E-state index is 14.8. The average Bonchev–Trinajstić information content (AvgIpc) is 2.74. The molecule has 2 atom stereocenters. The van der Waals surface area contributed by atoms with Crippen LogP contribution in [0.1, 0.15) is 19.3 Å². The fourth-order valence-electron chi connectivity index (χ4n) is 3.37. The normalized spacial score (nSPS) is 35.0. The van der Waals surface area contributed by atoms with Gasteiger partial charge in [0.1, 0.15) is 0 Å². The highest BCUT2D eigenvalue weighted by atomic mass is 19.1. The Bertz CT molecular complexity index is 474. The molecule has 3 aliphatic rings. The Morgan fingerprint density at radius 1 is 1.30 bits per heavy atom. The maximum Gasteiger partial charge on any atom is 0.344 e. The SMILES string of the molecule is O=C([C@H]1CC=CCC1)N1CC2(COC2)[C@@](F)(C(=O)O)C1. The molecule has 1 spiro atoms. The Kier molecular flexibility index (Phi) is 3.08. The van der Waals surface area contributed by atoms with E-state index in [-0.39, 0.29) is 38.1 Å². The fraction of sp³-hybridized carbons (Fsp3) is 0.714. The van der Waals surface area contributed by atoms with Gasteiger partial charge in [-0.1, -0.05) is 12.2 Å². The number of aliphatic carboxylic acids is 1. The lowest BCUT2D eigenvalue weighted by atomic mass is 9.74. The van der Waals surface area contributed by atoms with Crippen LogP contribution in [-0.2, 0) is 14.3 Å². The molecule has 0 aromatic rings. The van der Waals surface area contributed by atoms with Gasteiger partial charge in [0.05, 0.1) is 25.2 Å². The van der Waals surface area contributed by atoms with Gasteiger partial charge in [-0.15, -0.1) is 0 Å². The Morgan fingerprint density at radius 2 is 2.05 bits per heavy atom. The zero-order valence-corrected chi connectivity index (χ0v) is 11.2. The van der Waals surface area contributed by atoms with E-state index in [2.05, 4.69) is 0 Å². The summed E-state index contributed by atoms with van der Waals surface area (Å²) in [5.74, 6) is -1.75. The van der Waals surface area contributed by atoms with Crippen LogP contribution < -0.4 is 0 Å². The number of nitrogens with zero attached hydrogens (tertiary/aromatic N) is 1. The van der Waals surface area contributed by atoms with Crippen molar-refractivity contribution in [2.75, 3.05) is 26.3 Å². The van der Waals surface area contributed by atoms with Gasteiger partial charge in [0, 0.05) is 12.5 Å². The van der Waals surface area contributed by atoms with Crippen LogP contribution in [-0.4, -0.2) is 53.9 Å². The number of hydrogen-bond donors (Lipinski definition) is 1. The Labute approximate surface area is 116 Å². The van der Waals surface area contributed by atoms with Gasteiger partial charge < -0.3 is 14.7 Å². The summed E-state index contributed by atoms with van der Waals surface area (Å²) < 4.78 is 19.9. The number of carbonyl (C=O) groups is 2. The molecule has 2 fully saturated rings. The summed E-state index contributed by atoms with van der Waals surface area (Å²) in [5, 5.41) is 9.20. The van der Waals surface area contributed by atoms with Gasteiger partial charge in [-0.25, -0.2) is 9.18 Å². The molecule has 0 saturated carbocycles. The van der Waals surface area contributed by atoms with Crippen LogP contribution in [0.15, 0.2) is 12.2 Å². The van der Waals surface area contributed by atoms with Crippen molar-refractivity contribution in [1.29, 1.82) is 0 Å². The van der Waals surface area contributed by atoms with E-state index in [4.69, 9.17) is 4.74 Å². The van der Waals surface area contributed by atoms with Crippen LogP contribution >= 0.6 is 0 Å². The first-order valence-electron chi connectivity index (χ1n) is 6.92. The first-order valence-corrected chi connectivity index (χ1v) is 6.92. The van der Waals surface area contributed by atoms with E-state index in [0.717, 1.165) is 12.8 Å². The minimum atomic E-state index is -2.38. The van der Waals surface area contributed by atoms with Crippen LogP contribution in [0.3, 0.4) is 0 Å². The average molecular weight is 283 g/mol. The molecule has 0 aromatic heterocycles. The first-order chi connectivity index (χ1) is 9.48. The third-order valence-electron chi connectivity index (χ3n) is 4.77. The van der Waals surface area contributed by atoms with Crippen molar-refractivity contribution in [2.45, 2.75) is 24.9 Å². The number of alkyl halides is 1. The van der Waals surface area contributed by atoms with Gasteiger partial charge >= 0.3 is 5.97 Å². The summed E-state index contributed by atoms with van der Waals surface area (Å²) in [6.45, 7) is -0.0616. The molecular formula is C14H18FNO4. The third-order valence-corrected chi connectivity index (χ3v) is 4.77. The molecule has 0 aromatic carbocycles. The number of amides is 1. The molecule has 0 bridgehead atoms. The highest BCUT2D eigenvalue weighted by molar-refractivity contribution is 5.85. The van der Waals surface area contributed by atoms with E-state index in [0.29, 0.717) is 6.42 Å². The van der Waals surface area contributed by atoms with E-state index in [1.54, 1.807) is 0 Å². The van der Waals surface area contributed by atoms with Gasteiger partial charge in [-0.3, -0.25) is 4.79 Å². The zero-order valence-electron chi connectivity index (χ0n) is 11.2. The van der Waals surface area contributed by atoms with Crippen LogP contribution in [0.25, 0.3) is 0 Å². The summed E-state index contributed by atoms with van der Waals surface area (Å²) in [7, 11) is 0. The molecule has 20 heavy (non-hydrogen) atoms. The highest BCUT2D eigenvalue weighted by Gasteiger charge is 2.68. The molecule has 3 rings (SSSR count). The number of allylic oxidation sites excluding steroid dienone is 2. The largest absolute Gasteiger partial charge is 0.479 e. The minimum absolute atomic E-state index is 0.0736. The molecule has 5 nitrogen and oxygen atoms in total.